The number of para-hydroxylation sites is 1. The number of aliphatic carboxylic acids is 1. The zero-order chi connectivity index (χ0) is 75.6. The molecule has 13 rings (SSSR count). The number of imide groups is 1. The number of carboxylic acids is 2. The summed E-state index contributed by atoms with van der Waals surface area (Å²) in [7, 11) is -3.16. The first-order valence-electron chi connectivity index (χ1n) is 35.1. The standard InChI is InChI=1S/C75H85N9O20S2/c1-43-52(49-23-24-53(79-60(49)67(93)94)46-20-19-44-14-12-15-50(51(44)32-46)65(91)81-70-80-54-16-7-8-17-56(54)105-70)33-77-84(43)42-74-37-72(2)36-73(3,38-74)40-75(39-72,41-74)102-30-29-82(4)71(97)101-34-47-21-22-48(103-69-63(90)61(88)62(89)64(104-69)68(95)96)31-45(47)13-9-10-27-76-66(92)55(35-106(98,99)100)78-57(85)18-6-5-11-28-83-58(86)25-26-59(83)87/h7-8,12,14-17,19-26,31-33,55,61-64,69,88-90H,5-6,9-11,13,18,27-30,34-42H2,1-4H3,(H,76,92)(H,78,85)(H,93,94)(H,95,96)(H,80,81,91)(H,98,99,100)/t55-,61-,62-,63+,64-,69+,72?,73?,74?,75?/m0/s1. The summed E-state index contributed by atoms with van der Waals surface area (Å²) in [6.07, 6.45) is 0.935. The minimum Gasteiger partial charge on any atom is -0.479 e. The Balaban J connectivity index is 0.670. The van der Waals surface area contributed by atoms with Gasteiger partial charge in [-0.3, -0.25) is 43.4 Å². The molecule has 2 unspecified atom stereocenters. The van der Waals surface area contributed by atoms with E-state index < -0.39 is 99.9 Å². The molecule has 1 saturated heterocycles. The van der Waals surface area contributed by atoms with E-state index in [1.54, 1.807) is 37.5 Å². The normalized spacial score (nSPS) is 24.2. The number of nitrogens with one attached hydrogen (secondary N) is 3. The van der Waals surface area contributed by atoms with Gasteiger partial charge in [0.2, 0.25) is 18.1 Å². The number of likely N-dealkylation sites (N-methyl/N-ethyl adjacent to an activating group) is 1. The Morgan fingerprint density at radius 3 is 2.28 bits per heavy atom. The molecular formula is C75H85N9O20S2. The Labute approximate surface area is 614 Å². The second kappa shape index (κ2) is 31.1. The van der Waals surface area contributed by atoms with Crippen molar-refractivity contribution in [3.8, 4) is 28.1 Å². The number of aromatic carboxylic acids is 1. The first-order chi connectivity index (χ1) is 50.4. The number of hydrogen-bond acceptors (Lipinski definition) is 21. The zero-order valence-corrected chi connectivity index (χ0v) is 60.5. The maximum absolute atomic E-state index is 13.9. The molecular weight excluding hydrogens is 1410 g/mol. The number of pyridine rings is 1. The molecule has 2 aliphatic heterocycles. The fourth-order valence-corrected chi connectivity index (χ4v) is 18.5. The van der Waals surface area contributed by atoms with Gasteiger partial charge in [-0.1, -0.05) is 74.1 Å². The lowest BCUT2D eigenvalue weighted by Gasteiger charge is -2.69. The average Bonchev–Trinajstić information content (AvgIpc) is 0.881. The van der Waals surface area contributed by atoms with Crippen LogP contribution in [0.5, 0.6) is 5.75 Å². The summed E-state index contributed by atoms with van der Waals surface area (Å²) in [5.41, 5.74) is 4.03. The van der Waals surface area contributed by atoms with Gasteiger partial charge >= 0.3 is 18.0 Å². The van der Waals surface area contributed by atoms with Crippen LogP contribution in [0.15, 0.2) is 109 Å². The molecule has 4 saturated carbocycles. The molecule has 6 amide bonds. The second-order valence-corrected chi connectivity index (χ2v) is 32.0. The summed E-state index contributed by atoms with van der Waals surface area (Å²) < 4.78 is 60.6. The number of carboxylic acid groups (broad SMARTS) is 2. The lowest BCUT2D eigenvalue weighted by atomic mass is 9.39. The average molecular weight is 1500 g/mol. The van der Waals surface area contributed by atoms with E-state index in [4.69, 9.17) is 29.0 Å². The number of rotatable bonds is 31. The number of carbonyl (C=O) groups is 8. The van der Waals surface area contributed by atoms with E-state index in [1.807, 2.05) is 66.2 Å². The van der Waals surface area contributed by atoms with Gasteiger partial charge in [-0.25, -0.2) is 24.4 Å². The number of benzene rings is 4. The number of aromatic nitrogens is 4. The fourth-order valence-electron chi connectivity index (χ4n) is 17.0. The summed E-state index contributed by atoms with van der Waals surface area (Å²) in [6, 6.07) is 25.1. The number of carbonyl (C=O) groups excluding carboxylic acids is 6. The third-order valence-corrected chi connectivity index (χ3v) is 22.4. The molecule has 9 N–H and O–H groups in total. The SMILES string of the molecule is Cc1c(-c2ccc(-c3ccc4cccc(C(=O)Nc5nc6ccccc6s5)c4c3)nc2C(=O)O)cnn1CC12CC3(C)CC(C)(C1)CC(OCCN(C)C(=O)OCc1ccc(O[C@@H]4O[C@H](C(=O)O)[C@@H](O)[C@H](O)[C@H]4O)cc1CCCCNC(=O)[C@H](CS(=O)(=O)O)NC(=O)CCCCCN1C(=O)C=CC1=O)(C3)C2. The number of hydrogen-bond donors (Lipinski definition) is 9. The molecule has 4 aliphatic carbocycles. The van der Waals surface area contributed by atoms with Crippen LogP contribution < -0.4 is 20.7 Å². The number of fused-ring (bicyclic) bond motifs is 2. The summed E-state index contributed by atoms with van der Waals surface area (Å²) in [4.78, 5) is 114. The first kappa shape index (κ1) is 76.1. The molecule has 29 nitrogen and oxygen atoms in total. The Morgan fingerprint density at radius 1 is 0.802 bits per heavy atom. The van der Waals surface area contributed by atoms with Crippen LogP contribution in [0.3, 0.4) is 0 Å². The summed E-state index contributed by atoms with van der Waals surface area (Å²) in [5.74, 6) is -6.66. The van der Waals surface area contributed by atoms with Crippen molar-refractivity contribution in [1.29, 1.82) is 0 Å². The van der Waals surface area contributed by atoms with Gasteiger partial charge in [0.15, 0.2) is 16.9 Å². The van der Waals surface area contributed by atoms with Gasteiger partial charge in [-0.2, -0.15) is 13.5 Å². The van der Waals surface area contributed by atoms with Gasteiger partial charge < -0.3 is 60.0 Å². The number of aliphatic hydroxyl groups excluding tert-OH is 3. The maximum atomic E-state index is 13.9. The maximum Gasteiger partial charge on any atom is 0.409 e. The monoisotopic (exact) mass is 1500 g/mol. The van der Waals surface area contributed by atoms with Gasteiger partial charge in [-0.15, -0.1) is 0 Å². The molecule has 8 atom stereocenters. The Morgan fingerprint density at radius 2 is 1.56 bits per heavy atom. The smallest absolute Gasteiger partial charge is 0.409 e. The molecule has 7 aromatic rings. The summed E-state index contributed by atoms with van der Waals surface area (Å²) in [5, 5.41) is 66.7. The van der Waals surface area contributed by atoms with E-state index in [-0.39, 0.29) is 92.1 Å². The summed E-state index contributed by atoms with van der Waals surface area (Å²) in [6.45, 7) is 7.36. The van der Waals surface area contributed by atoms with E-state index in [1.165, 1.54) is 40.5 Å². The molecule has 562 valence electrons. The highest BCUT2D eigenvalue weighted by atomic mass is 32.2. The Bertz CT molecular complexity index is 4660. The summed E-state index contributed by atoms with van der Waals surface area (Å²) >= 11 is 1.38. The molecule has 31 heteroatoms. The number of ether oxygens (including phenoxy) is 4. The Kier molecular flexibility index (Phi) is 22.3. The number of unbranched alkanes of at least 4 members (excludes halogenated alkanes) is 3. The molecule has 6 aliphatic rings. The van der Waals surface area contributed by atoms with Crippen molar-refractivity contribution in [2.75, 3.05) is 44.4 Å². The number of aliphatic hydroxyl groups is 3. The minimum absolute atomic E-state index is 0.0284. The molecule has 4 aromatic carbocycles. The van der Waals surface area contributed by atoms with E-state index >= 15 is 0 Å². The van der Waals surface area contributed by atoms with Gasteiger partial charge in [0.05, 0.1) is 34.3 Å². The molecule has 5 heterocycles. The van der Waals surface area contributed by atoms with Crippen molar-refractivity contribution in [2.45, 2.75) is 160 Å². The van der Waals surface area contributed by atoms with Crippen LogP contribution in [0.4, 0.5) is 9.93 Å². The topological polar surface area (TPSA) is 415 Å². The van der Waals surface area contributed by atoms with Crippen molar-refractivity contribution in [2.24, 2.45) is 16.2 Å². The van der Waals surface area contributed by atoms with Crippen molar-refractivity contribution in [3.63, 3.8) is 0 Å². The number of thiazole rings is 1. The van der Waals surface area contributed by atoms with E-state index in [2.05, 4.69) is 34.8 Å². The zero-order valence-electron chi connectivity index (χ0n) is 58.9. The molecule has 4 bridgehead atoms. The molecule has 0 radical (unpaired) electrons. The van der Waals surface area contributed by atoms with Crippen molar-refractivity contribution < 1.29 is 95.8 Å². The van der Waals surface area contributed by atoms with Crippen LogP contribution in [-0.2, 0) is 67.9 Å². The molecule has 5 fully saturated rings. The van der Waals surface area contributed by atoms with Gasteiger partial charge in [0.1, 0.15) is 42.5 Å². The van der Waals surface area contributed by atoms with Crippen molar-refractivity contribution in [1.82, 2.24) is 40.2 Å². The van der Waals surface area contributed by atoms with E-state index in [0.29, 0.717) is 75.4 Å². The van der Waals surface area contributed by atoms with E-state index in [9.17, 15) is 76.9 Å². The third kappa shape index (κ3) is 17.3. The van der Waals surface area contributed by atoms with E-state index in [0.717, 1.165) is 64.7 Å². The lowest BCUT2D eigenvalue weighted by molar-refractivity contribution is -0.271. The largest absolute Gasteiger partial charge is 0.479 e. The van der Waals surface area contributed by atoms with Crippen LogP contribution in [0.2, 0.25) is 0 Å². The second-order valence-electron chi connectivity index (χ2n) is 29.4. The Hall–Kier alpha value is -9.60. The quantitative estimate of drug-likeness (QED) is 0.0115. The minimum atomic E-state index is -4.75. The number of amides is 6. The predicted molar refractivity (Wildman–Crippen MR) is 386 cm³/mol. The van der Waals surface area contributed by atoms with Crippen LogP contribution in [0, 0.1) is 23.2 Å². The number of nitrogens with zero attached hydrogens (tertiary/aromatic N) is 6. The molecule has 0 spiro atoms. The van der Waals surface area contributed by atoms with Gasteiger partial charge in [0, 0.05) is 79.7 Å². The third-order valence-electron chi connectivity index (χ3n) is 20.7. The highest BCUT2D eigenvalue weighted by Gasteiger charge is 2.66. The van der Waals surface area contributed by atoms with Crippen LogP contribution in [0.1, 0.15) is 129 Å². The number of anilines is 1. The molecule has 106 heavy (non-hydrogen) atoms. The van der Waals surface area contributed by atoms with Crippen LogP contribution in [0.25, 0.3) is 43.4 Å². The van der Waals surface area contributed by atoms with Crippen LogP contribution in [-0.4, -0.2) is 197 Å². The first-order valence-corrected chi connectivity index (χ1v) is 37.6. The predicted octanol–water partition coefficient (Wildman–Crippen LogP) is 7.61. The fraction of sp³-hybridized carbons (Fsp3) is 0.453. The van der Waals surface area contributed by atoms with Crippen molar-refractivity contribution in [3.05, 3.63) is 137 Å². The van der Waals surface area contributed by atoms with Crippen LogP contribution >= 0.6 is 11.3 Å². The van der Waals surface area contributed by atoms with Gasteiger partial charge in [0.25, 0.3) is 27.8 Å². The van der Waals surface area contributed by atoms with Crippen molar-refractivity contribution >= 4 is 95.1 Å². The van der Waals surface area contributed by atoms with Gasteiger partial charge in [-0.05, 0) is 164 Å². The lowest BCUT2D eigenvalue weighted by Crippen LogP contribution is -2.64. The highest BCUT2D eigenvalue weighted by Crippen LogP contribution is 2.72. The number of aryl methyl sites for hydroxylation is 1. The highest BCUT2D eigenvalue weighted by molar-refractivity contribution is 7.85. The molecule has 3 aromatic heterocycles.